The zero-order chi connectivity index (χ0) is 16.7. The Bertz CT molecular complexity index is 670. The van der Waals surface area contributed by atoms with Gasteiger partial charge in [-0.15, -0.1) is 0 Å². The number of benzene rings is 2. The molecule has 0 bridgehead atoms. The van der Waals surface area contributed by atoms with E-state index in [4.69, 9.17) is 23.2 Å². The summed E-state index contributed by atoms with van der Waals surface area (Å²) in [4.78, 5) is 23.7. The van der Waals surface area contributed by atoms with Crippen molar-refractivity contribution in [3.63, 3.8) is 0 Å². The van der Waals surface area contributed by atoms with Gasteiger partial charge >= 0.3 is 0 Å². The highest BCUT2D eigenvalue weighted by Crippen LogP contribution is 2.24. The van der Waals surface area contributed by atoms with Crippen LogP contribution < -0.4 is 10.6 Å². The predicted octanol–water partition coefficient (Wildman–Crippen LogP) is 3.08. The maximum atomic E-state index is 11.9. The molecule has 0 unspecified atom stereocenters. The van der Waals surface area contributed by atoms with Gasteiger partial charge in [0.05, 0.1) is 6.42 Å². The molecule has 2 aromatic rings. The second kappa shape index (κ2) is 8.56. The lowest BCUT2D eigenvalue weighted by atomic mass is 10.1. The number of halogens is 2. The smallest absolute Gasteiger partial charge is 0.251 e. The minimum atomic E-state index is -0.200. The lowest BCUT2D eigenvalue weighted by Gasteiger charge is -2.09. The quantitative estimate of drug-likeness (QED) is 0.786. The third-order valence-electron chi connectivity index (χ3n) is 3.17. The van der Waals surface area contributed by atoms with Gasteiger partial charge < -0.3 is 10.6 Å². The Hall–Kier alpha value is -2.04. The van der Waals surface area contributed by atoms with Crippen molar-refractivity contribution in [2.45, 2.75) is 6.42 Å². The SMILES string of the molecule is O=C(Cc1c(Cl)cccc1Cl)NCCNC(=O)c1ccccc1. The molecule has 2 amide bonds. The molecular formula is C17H16Cl2N2O2. The molecule has 23 heavy (non-hydrogen) atoms. The van der Waals surface area contributed by atoms with E-state index in [0.29, 0.717) is 34.3 Å². The highest BCUT2D eigenvalue weighted by Gasteiger charge is 2.10. The largest absolute Gasteiger partial charge is 0.354 e. The fraction of sp³-hybridized carbons (Fsp3) is 0.176. The van der Waals surface area contributed by atoms with Gasteiger partial charge in [0.1, 0.15) is 0 Å². The number of nitrogens with one attached hydrogen (secondary N) is 2. The summed E-state index contributed by atoms with van der Waals surface area (Å²) < 4.78 is 0. The van der Waals surface area contributed by atoms with Crippen molar-refractivity contribution in [3.8, 4) is 0 Å². The highest BCUT2D eigenvalue weighted by atomic mass is 35.5. The highest BCUT2D eigenvalue weighted by molar-refractivity contribution is 6.36. The Morgan fingerprint density at radius 1 is 0.826 bits per heavy atom. The minimum absolute atomic E-state index is 0.102. The van der Waals surface area contributed by atoms with E-state index in [-0.39, 0.29) is 18.2 Å². The van der Waals surface area contributed by atoms with E-state index < -0.39 is 0 Å². The van der Waals surface area contributed by atoms with Crippen LogP contribution in [0.15, 0.2) is 48.5 Å². The molecule has 0 atom stereocenters. The monoisotopic (exact) mass is 350 g/mol. The molecule has 2 aromatic carbocycles. The molecule has 0 saturated carbocycles. The first kappa shape index (κ1) is 17.3. The standard InChI is InChI=1S/C17H16Cl2N2O2/c18-14-7-4-8-15(19)13(14)11-16(22)20-9-10-21-17(23)12-5-2-1-3-6-12/h1-8H,9-11H2,(H,20,22)(H,21,23). The summed E-state index contributed by atoms with van der Waals surface area (Å²) in [6.07, 6.45) is 0.102. The molecule has 6 heteroatoms. The summed E-state index contributed by atoms with van der Waals surface area (Å²) in [7, 11) is 0. The summed E-state index contributed by atoms with van der Waals surface area (Å²) in [5.41, 5.74) is 1.18. The van der Waals surface area contributed by atoms with Gasteiger partial charge in [-0.2, -0.15) is 0 Å². The Labute approximate surface area is 144 Å². The van der Waals surface area contributed by atoms with Crippen molar-refractivity contribution < 1.29 is 9.59 Å². The van der Waals surface area contributed by atoms with Crippen molar-refractivity contribution in [2.24, 2.45) is 0 Å². The Morgan fingerprint density at radius 2 is 1.43 bits per heavy atom. The van der Waals surface area contributed by atoms with E-state index in [1.807, 2.05) is 6.07 Å². The zero-order valence-corrected chi connectivity index (χ0v) is 13.8. The van der Waals surface area contributed by atoms with E-state index in [1.54, 1.807) is 42.5 Å². The average Bonchev–Trinajstić information content (AvgIpc) is 2.56. The normalized spacial score (nSPS) is 10.2. The van der Waals surface area contributed by atoms with Crippen LogP contribution >= 0.6 is 23.2 Å². The zero-order valence-electron chi connectivity index (χ0n) is 12.3. The third kappa shape index (κ3) is 5.27. The Morgan fingerprint density at radius 3 is 2.09 bits per heavy atom. The van der Waals surface area contributed by atoms with Crippen LogP contribution in [0, 0.1) is 0 Å². The van der Waals surface area contributed by atoms with Crippen LogP contribution in [-0.4, -0.2) is 24.9 Å². The summed E-state index contributed by atoms with van der Waals surface area (Å²) in [5.74, 6) is -0.372. The first-order valence-corrected chi connectivity index (χ1v) is 7.86. The second-order valence-corrected chi connectivity index (χ2v) is 5.66. The number of hydrogen-bond acceptors (Lipinski definition) is 2. The molecule has 2 rings (SSSR count). The molecule has 0 aliphatic carbocycles. The first-order chi connectivity index (χ1) is 11.1. The predicted molar refractivity (Wildman–Crippen MR) is 92.0 cm³/mol. The number of rotatable bonds is 6. The van der Waals surface area contributed by atoms with Gasteiger partial charge in [-0.25, -0.2) is 0 Å². The van der Waals surface area contributed by atoms with Crippen molar-refractivity contribution in [3.05, 3.63) is 69.7 Å². The van der Waals surface area contributed by atoms with Crippen LogP contribution in [0.3, 0.4) is 0 Å². The summed E-state index contributed by atoms with van der Waals surface area (Å²) >= 11 is 12.0. The molecule has 0 saturated heterocycles. The summed E-state index contributed by atoms with van der Waals surface area (Å²) in [5, 5.41) is 6.38. The van der Waals surface area contributed by atoms with Crippen LogP contribution in [0.2, 0.25) is 10.0 Å². The molecular weight excluding hydrogens is 335 g/mol. The number of carbonyl (C=O) groups is 2. The summed E-state index contributed by atoms with van der Waals surface area (Å²) in [6, 6.07) is 14.0. The van der Waals surface area contributed by atoms with Crippen molar-refractivity contribution in [2.75, 3.05) is 13.1 Å². The lowest BCUT2D eigenvalue weighted by molar-refractivity contribution is -0.120. The lowest BCUT2D eigenvalue weighted by Crippen LogP contribution is -2.35. The van der Waals surface area contributed by atoms with Gasteiger partial charge in [0, 0.05) is 28.7 Å². The van der Waals surface area contributed by atoms with Gasteiger partial charge in [0.15, 0.2) is 0 Å². The Balaban J connectivity index is 1.74. The maximum Gasteiger partial charge on any atom is 0.251 e. The molecule has 0 aliphatic heterocycles. The molecule has 0 fully saturated rings. The van der Waals surface area contributed by atoms with Crippen molar-refractivity contribution >= 4 is 35.0 Å². The van der Waals surface area contributed by atoms with Crippen LogP contribution in [0.1, 0.15) is 15.9 Å². The second-order valence-electron chi connectivity index (χ2n) is 4.85. The minimum Gasteiger partial charge on any atom is -0.354 e. The maximum absolute atomic E-state index is 11.9. The molecule has 0 radical (unpaired) electrons. The first-order valence-electron chi connectivity index (χ1n) is 7.11. The van der Waals surface area contributed by atoms with Crippen molar-refractivity contribution in [1.29, 1.82) is 0 Å². The van der Waals surface area contributed by atoms with Crippen LogP contribution in [0.25, 0.3) is 0 Å². The topological polar surface area (TPSA) is 58.2 Å². The summed E-state index contributed by atoms with van der Waals surface area (Å²) in [6.45, 7) is 0.676. The molecule has 2 N–H and O–H groups in total. The van der Waals surface area contributed by atoms with E-state index in [2.05, 4.69) is 10.6 Å². The average molecular weight is 351 g/mol. The van der Waals surface area contributed by atoms with E-state index in [9.17, 15) is 9.59 Å². The van der Waals surface area contributed by atoms with Gasteiger partial charge in [0.25, 0.3) is 5.91 Å². The number of carbonyl (C=O) groups excluding carboxylic acids is 2. The fourth-order valence-electron chi connectivity index (χ4n) is 1.99. The number of hydrogen-bond donors (Lipinski definition) is 2. The molecule has 4 nitrogen and oxygen atoms in total. The third-order valence-corrected chi connectivity index (χ3v) is 3.88. The Kier molecular flexibility index (Phi) is 6.44. The van der Waals surface area contributed by atoms with E-state index in [1.165, 1.54) is 0 Å². The van der Waals surface area contributed by atoms with Gasteiger partial charge in [-0.3, -0.25) is 9.59 Å². The van der Waals surface area contributed by atoms with Gasteiger partial charge in [-0.1, -0.05) is 47.5 Å². The van der Waals surface area contributed by atoms with Crippen LogP contribution in [-0.2, 0) is 11.2 Å². The molecule has 0 aromatic heterocycles. The molecule has 0 spiro atoms. The van der Waals surface area contributed by atoms with Gasteiger partial charge in [0.2, 0.25) is 5.91 Å². The van der Waals surface area contributed by atoms with E-state index in [0.717, 1.165) is 0 Å². The number of amides is 2. The molecule has 0 aliphatic rings. The van der Waals surface area contributed by atoms with Crippen LogP contribution in [0.4, 0.5) is 0 Å². The van der Waals surface area contributed by atoms with Gasteiger partial charge in [-0.05, 0) is 29.8 Å². The fourth-order valence-corrected chi connectivity index (χ4v) is 2.52. The molecule has 120 valence electrons. The molecule has 0 heterocycles. The van der Waals surface area contributed by atoms with E-state index >= 15 is 0 Å². The van der Waals surface area contributed by atoms with Crippen molar-refractivity contribution in [1.82, 2.24) is 10.6 Å². The van der Waals surface area contributed by atoms with Crippen LogP contribution in [0.5, 0.6) is 0 Å².